The highest BCUT2D eigenvalue weighted by molar-refractivity contribution is 6.30. The molecule has 21 heavy (non-hydrogen) atoms. The predicted molar refractivity (Wildman–Crippen MR) is 76.9 cm³/mol. The second kappa shape index (κ2) is 6.65. The number of benzene rings is 2. The summed E-state index contributed by atoms with van der Waals surface area (Å²) in [5, 5.41) is 3.06. The lowest BCUT2D eigenvalue weighted by molar-refractivity contribution is 0.1000. The van der Waals surface area contributed by atoms with Gasteiger partial charge in [-0.15, -0.1) is 0 Å². The van der Waals surface area contributed by atoms with Crippen LogP contribution in [0.1, 0.15) is 21.5 Å². The number of nitrogens with one attached hydrogen (secondary N) is 1. The van der Waals surface area contributed by atoms with E-state index < -0.39 is 17.5 Å². The number of rotatable bonds is 5. The lowest BCUT2D eigenvalue weighted by Gasteiger charge is -2.07. The molecule has 0 aromatic heterocycles. The molecule has 3 N–H and O–H groups in total. The summed E-state index contributed by atoms with van der Waals surface area (Å²) in [6.07, 6.45) is 0. The van der Waals surface area contributed by atoms with Gasteiger partial charge in [-0.1, -0.05) is 23.7 Å². The van der Waals surface area contributed by atoms with Crippen molar-refractivity contribution in [3.8, 4) is 0 Å². The minimum Gasteiger partial charge on any atom is -0.366 e. The average Bonchev–Trinajstić information content (AvgIpc) is 2.44. The van der Waals surface area contributed by atoms with E-state index in [1.165, 1.54) is 24.3 Å². The highest BCUT2D eigenvalue weighted by Crippen LogP contribution is 2.16. The topological polar surface area (TPSA) is 55.1 Å². The second-order valence-corrected chi connectivity index (χ2v) is 4.93. The van der Waals surface area contributed by atoms with Gasteiger partial charge in [-0.05, 0) is 29.8 Å². The normalized spacial score (nSPS) is 10.6. The molecule has 0 saturated carbocycles. The molecule has 2 rings (SSSR count). The number of hydrogen-bond acceptors (Lipinski definition) is 2. The lowest BCUT2D eigenvalue weighted by Crippen LogP contribution is -2.15. The third kappa shape index (κ3) is 4.00. The average molecular weight is 311 g/mol. The molecule has 0 aliphatic heterocycles. The summed E-state index contributed by atoms with van der Waals surface area (Å²) in [5.41, 5.74) is 6.40. The van der Waals surface area contributed by atoms with Crippen molar-refractivity contribution >= 4 is 17.5 Å². The Bertz CT molecular complexity index is 677. The van der Waals surface area contributed by atoms with Gasteiger partial charge < -0.3 is 11.1 Å². The summed E-state index contributed by atoms with van der Waals surface area (Å²) < 4.78 is 26.7. The van der Waals surface area contributed by atoms with Gasteiger partial charge in [0.1, 0.15) is 11.6 Å². The van der Waals surface area contributed by atoms with E-state index in [0.717, 1.165) is 11.6 Å². The van der Waals surface area contributed by atoms with Crippen LogP contribution in [0.15, 0.2) is 36.4 Å². The van der Waals surface area contributed by atoms with Crippen LogP contribution < -0.4 is 11.1 Å². The van der Waals surface area contributed by atoms with Crippen molar-refractivity contribution in [3.63, 3.8) is 0 Å². The first kappa shape index (κ1) is 15.4. The molecule has 0 spiro atoms. The molecule has 2 aromatic rings. The molecule has 3 nitrogen and oxygen atoms in total. The third-order valence-corrected chi connectivity index (χ3v) is 3.26. The highest BCUT2D eigenvalue weighted by Gasteiger charge is 2.07. The van der Waals surface area contributed by atoms with Crippen LogP contribution in [0, 0.1) is 11.6 Å². The van der Waals surface area contributed by atoms with Crippen molar-refractivity contribution in [2.45, 2.75) is 13.1 Å². The second-order valence-electron chi connectivity index (χ2n) is 4.52. The molecule has 0 aliphatic rings. The van der Waals surface area contributed by atoms with E-state index >= 15 is 0 Å². The Kier molecular flexibility index (Phi) is 4.88. The van der Waals surface area contributed by atoms with E-state index in [2.05, 4.69) is 5.32 Å². The maximum Gasteiger partial charge on any atom is 0.248 e. The minimum atomic E-state index is -0.672. The molecule has 0 atom stereocenters. The van der Waals surface area contributed by atoms with E-state index in [1.807, 2.05) is 0 Å². The van der Waals surface area contributed by atoms with E-state index in [1.54, 1.807) is 6.07 Å². The van der Waals surface area contributed by atoms with Crippen LogP contribution in [-0.2, 0) is 13.1 Å². The van der Waals surface area contributed by atoms with Crippen molar-refractivity contribution in [1.29, 1.82) is 0 Å². The Morgan fingerprint density at radius 1 is 1.10 bits per heavy atom. The van der Waals surface area contributed by atoms with Gasteiger partial charge in [0.25, 0.3) is 0 Å². The number of hydrogen-bond donors (Lipinski definition) is 2. The molecule has 110 valence electrons. The van der Waals surface area contributed by atoms with Crippen LogP contribution in [0.3, 0.4) is 0 Å². The van der Waals surface area contributed by atoms with Gasteiger partial charge in [-0.2, -0.15) is 0 Å². The van der Waals surface area contributed by atoms with Crippen LogP contribution in [0.4, 0.5) is 8.78 Å². The van der Waals surface area contributed by atoms with Gasteiger partial charge in [0, 0.05) is 24.2 Å². The van der Waals surface area contributed by atoms with Gasteiger partial charge in [0.2, 0.25) is 5.91 Å². The number of carbonyl (C=O) groups is 1. The van der Waals surface area contributed by atoms with Gasteiger partial charge >= 0.3 is 0 Å². The molecular weight excluding hydrogens is 298 g/mol. The number of nitrogens with two attached hydrogens (primary N) is 1. The molecule has 0 saturated heterocycles. The molecule has 0 unspecified atom stereocenters. The van der Waals surface area contributed by atoms with Crippen LogP contribution in [0.25, 0.3) is 0 Å². The molecular formula is C15H13ClF2N2O. The minimum absolute atomic E-state index is 0.0475. The summed E-state index contributed by atoms with van der Waals surface area (Å²) in [7, 11) is 0. The third-order valence-electron chi connectivity index (χ3n) is 2.97. The zero-order valence-electron chi connectivity index (χ0n) is 11.0. The van der Waals surface area contributed by atoms with Crippen molar-refractivity contribution < 1.29 is 13.6 Å². The number of halogens is 3. The van der Waals surface area contributed by atoms with Crippen molar-refractivity contribution in [2.75, 3.05) is 0 Å². The van der Waals surface area contributed by atoms with Crippen LogP contribution >= 0.6 is 11.6 Å². The van der Waals surface area contributed by atoms with Gasteiger partial charge in [-0.3, -0.25) is 4.79 Å². The van der Waals surface area contributed by atoms with E-state index in [-0.39, 0.29) is 17.1 Å². The van der Waals surface area contributed by atoms with E-state index in [4.69, 9.17) is 17.3 Å². The monoisotopic (exact) mass is 310 g/mol. The van der Waals surface area contributed by atoms with Gasteiger partial charge in [0.15, 0.2) is 0 Å². The smallest absolute Gasteiger partial charge is 0.248 e. The molecule has 0 fully saturated rings. The Hall–Kier alpha value is -1.98. The summed E-state index contributed by atoms with van der Waals surface area (Å²) in [6.45, 7) is 0.677. The Morgan fingerprint density at radius 2 is 1.86 bits per heavy atom. The summed E-state index contributed by atoms with van der Waals surface area (Å²) in [4.78, 5) is 10.9. The number of amides is 1. The maximum atomic E-state index is 13.7. The van der Waals surface area contributed by atoms with Crippen LogP contribution in [0.5, 0.6) is 0 Å². The first-order valence-corrected chi connectivity index (χ1v) is 6.58. The van der Waals surface area contributed by atoms with Gasteiger partial charge in [-0.25, -0.2) is 8.78 Å². The van der Waals surface area contributed by atoms with Crippen molar-refractivity contribution in [3.05, 3.63) is 69.7 Å². The molecule has 0 bridgehead atoms. The van der Waals surface area contributed by atoms with E-state index in [9.17, 15) is 13.6 Å². The fourth-order valence-corrected chi connectivity index (χ4v) is 2.04. The quantitative estimate of drug-likeness (QED) is 0.892. The van der Waals surface area contributed by atoms with Crippen LogP contribution in [0.2, 0.25) is 5.02 Å². The largest absolute Gasteiger partial charge is 0.366 e. The zero-order chi connectivity index (χ0) is 15.4. The molecule has 2 aromatic carbocycles. The standard InChI is InChI=1S/C15H13ClF2N2O/c16-12-5-9(1-4-13(12)17)7-20-8-11-3-2-10(15(19)21)6-14(11)18/h1-6,20H,7-8H2,(H2,19,21). The predicted octanol–water partition coefficient (Wildman–Crippen LogP) is 3.01. The molecule has 0 aliphatic carbocycles. The summed E-state index contributed by atoms with van der Waals surface area (Å²) >= 11 is 5.68. The van der Waals surface area contributed by atoms with Crippen LogP contribution in [-0.4, -0.2) is 5.91 Å². The summed E-state index contributed by atoms with van der Waals surface area (Å²) in [6, 6.07) is 8.46. The first-order valence-electron chi connectivity index (χ1n) is 6.20. The molecule has 0 radical (unpaired) electrons. The molecule has 1 amide bonds. The van der Waals surface area contributed by atoms with Crippen molar-refractivity contribution in [1.82, 2.24) is 5.32 Å². The number of carbonyl (C=O) groups excluding carboxylic acids is 1. The Labute approximate surface area is 125 Å². The zero-order valence-corrected chi connectivity index (χ0v) is 11.8. The van der Waals surface area contributed by atoms with Crippen molar-refractivity contribution in [2.24, 2.45) is 5.73 Å². The van der Waals surface area contributed by atoms with Gasteiger partial charge in [0.05, 0.1) is 5.02 Å². The highest BCUT2D eigenvalue weighted by atomic mass is 35.5. The number of primary amides is 1. The maximum absolute atomic E-state index is 13.7. The fourth-order valence-electron chi connectivity index (χ4n) is 1.84. The fraction of sp³-hybridized carbons (Fsp3) is 0.133. The first-order chi connectivity index (χ1) is 9.97. The Balaban J connectivity index is 1.97. The van der Waals surface area contributed by atoms with E-state index in [0.29, 0.717) is 12.1 Å². The Morgan fingerprint density at radius 3 is 2.48 bits per heavy atom. The molecule has 6 heteroatoms. The SMILES string of the molecule is NC(=O)c1ccc(CNCc2ccc(F)c(Cl)c2)c(F)c1. The molecule has 0 heterocycles. The lowest BCUT2D eigenvalue weighted by atomic mass is 10.1. The summed E-state index contributed by atoms with van der Waals surface area (Å²) in [5.74, 6) is -1.65.